The Morgan fingerprint density at radius 3 is 2.95 bits per heavy atom. The Morgan fingerprint density at radius 2 is 2.15 bits per heavy atom. The molecule has 1 aromatic carbocycles. The van der Waals surface area contributed by atoms with Crippen LogP contribution in [0.3, 0.4) is 0 Å². The number of hydrogen-bond acceptors (Lipinski definition) is 3. The highest BCUT2D eigenvalue weighted by Gasteiger charge is 2.41. The maximum Gasteiger partial charge on any atom is 0.0756 e. The van der Waals surface area contributed by atoms with Crippen LogP contribution in [0.25, 0.3) is 0 Å². The normalized spacial score (nSPS) is 24.4. The molecule has 0 aromatic heterocycles. The second kappa shape index (κ2) is 6.15. The Bertz CT molecular complexity index is 440. The van der Waals surface area contributed by atoms with Gasteiger partial charge >= 0.3 is 0 Å². The maximum atomic E-state index is 6.32. The van der Waals surface area contributed by atoms with Crippen molar-refractivity contribution in [2.45, 2.75) is 56.8 Å². The number of ether oxygens (including phenoxy) is 2. The molecular formula is C17H25NO2. The molecule has 3 heteroatoms. The summed E-state index contributed by atoms with van der Waals surface area (Å²) < 4.78 is 11.5. The molecule has 3 rings (SSSR count). The van der Waals surface area contributed by atoms with Gasteiger partial charge in [-0.2, -0.15) is 0 Å². The van der Waals surface area contributed by atoms with E-state index in [0.29, 0.717) is 12.7 Å². The van der Waals surface area contributed by atoms with Crippen molar-refractivity contribution < 1.29 is 9.47 Å². The van der Waals surface area contributed by atoms with Gasteiger partial charge in [-0.15, -0.1) is 0 Å². The van der Waals surface area contributed by atoms with Gasteiger partial charge in [0.2, 0.25) is 0 Å². The topological polar surface area (TPSA) is 30.5 Å². The lowest BCUT2D eigenvalue weighted by molar-refractivity contribution is -0.0307. The second-order valence-corrected chi connectivity index (χ2v) is 6.18. The lowest BCUT2D eigenvalue weighted by Crippen LogP contribution is -2.27. The van der Waals surface area contributed by atoms with Crippen LogP contribution < -0.4 is 5.32 Å². The predicted molar refractivity (Wildman–Crippen MR) is 81.0 cm³/mol. The molecule has 0 amide bonds. The summed E-state index contributed by atoms with van der Waals surface area (Å²) in [7, 11) is 1.73. The van der Waals surface area contributed by atoms with Gasteiger partial charge in [0.1, 0.15) is 0 Å². The van der Waals surface area contributed by atoms with Crippen molar-refractivity contribution in [3.63, 3.8) is 0 Å². The largest absolute Gasteiger partial charge is 0.382 e. The molecule has 1 saturated heterocycles. The Morgan fingerprint density at radius 1 is 1.30 bits per heavy atom. The monoisotopic (exact) mass is 275 g/mol. The molecule has 20 heavy (non-hydrogen) atoms. The molecule has 1 unspecified atom stereocenters. The van der Waals surface area contributed by atoms with Crippen LogP contribution >= 0.6 is 0 Å². The molecule has 1 aliphatic heterocycles. The number of hydrogen-bond donors (Lipinski definition) is 1. The summed E-state index contributed by atoms with van der Waals surface area (Å²) >= 11 is 0. The Balaban J connectivity index is 1.51. The molecule has 1 saturated carbocycles. The zero-order valence-electron chi connectivity index (χ0n) is 12.4. The van der Waals surface area contributed by atoms with Crippen LogP contribution in [0.1, 0.15) is 44.1 Å². The summed E-state index contributed by atoms with van der Waals surface area (Å²) in [5.74, 6) is 0. The van der Waals surface area contributed by atoms with Gasteiger partial charge in [0.25, 0.3) is 0 Å². The molecule has 3 nitrogen and oxygen atoms in total. The van der Waals surface area contributed by atoms with E-state index in [1.807, 2.05) is 0 Å². The lowest BCUT2D eigenvalue weighted by atomic mass is 9.98. The van der Waals surface area contributed by atoms with E-state index in [1.165, 1.54) is 44.1 Å². The van der Waals surface area contributed by atoms with E-state index in [2.05, 4.69) is 29.6 Å². The molecule has 0 radical (unpaired) electrons. The summed E-state index contributed by atoms with van der Waals surface area (Å²) in [5.41, 5.74) is 2.61. The van der Waals surface area contributed by atoms with Crippen LogP contribution in [0, 0.1) is 0 Å². The zero-order chi connectivity index (χ0) is 13.8. The first kappa shape index (κ1) is 13.9. The highest BCUT2D eigenvalue weighted by Crippen LogP contribution is 2.43. The van der Waals surface area contributed by atoms with E-state index >= 15 is 0 Å². The SMILES string of the molecule is COCc1cccc(NCC2CCC3(CCCC3)O2)c1. The van der Waals surface area contributed by atoms with Crippen LogP contribution in [0.5, 0.6) is 0 Å². The third kappa shape index (κ3) is 3.15. The molecule has 1 heterocycles. The van der Waals surface area contributed by atoms with Gasteiger partial charge in [0.15, 0.2) is 0 Å². The van der Waals surface area contributed by atoms with Gasteiger partial charge in [0.05, 0.1) is 18.3 Å². The number of rotatable bonds is 5. The van der Waals surface area contributed by atoms with Crippen LogP contribution in [0.15, 0.2) is 24.3 Å². The van der Waals surface area contributed by atoms with E-state index in [0.717, 1.165) is 12.2 Å². The molecule has 110 valence electrons. The fourth-order valence-corrected chi connectivity index (χ4v) is 3.60. The van der Waals surface area contributed by atoms with Gasteiger partial charge in [-0.05, 0) is 43.4 Å². The summed E-state index contributed by atoms with van der Waals surface area (Å²) in [6, 6.07) is 8.43. The summed E-state index contributed by atoms with van der Waals surface area (Å²) in [6.45, 7) is 1.58. The van der Waals surface area contributed by atoms with Gasteiger partial charge < -0.3 is 14.8 Å². The van der Waals surface area contributed by atoms with Crippen molar-refractivity contribution in [3.05, 3.63) is 29.8 Å². The van der Waals surface area contributed by atoms with Crippen LogP contribution in [0.2, 0.25) is 0 Å². The molecule has 2 fully saturated rings. The minimum absolute atomic E-state index is 0.240. The second-order valence-electron chi connectivity index (χ2n) is 6.18. The average Bonchev–Trinajstić information content (AvgIpc) is 3.08. The molecule has 1 spiro atoms. The molecule has 1 aliphatic carbocycles. The van der Waals surface area contributed by atoms with Gasteiger partial charge in [0, 0.05) is 19.3 Å². The first-order chi connectivity index (χ1) is 9.80. The quantitative estimate of drug-likeness (QED) is 0.888. The highest BCUT2D eigenvalue weighted by atomic mass is 16.5. The van der Waals surface area contributed by atoms with Crippen LogP contribution in [0.4, 0.5) is 5.69 Å². The standard InChI is InChI=1S/C17H25NO2/c1-19-13-14-5-4-6-15(11-14)18-12-16-7-10-17(20-16)8-2-3-9-17/h4-6,11,16,18H,2-3,7-10,12-13H2,1H3. The van der Waals surface area contributed by atoms with Crippen molar-refractivity contribution in [1.29, 1.82) is 0 Å². The number of methoxy groups -OCH3 is 1. The lowest BCUT2D eigenvalue weighted by Gasteiger charge is -2.24. The average molecular weight is 275 g/mol. The summed E-state index contributed by atoms with van der Waals surface area (Å²) in [6.07, 6.45) is 8.06. The van der Waals surface area contributed by atoms with Crippen molar-refractivity contribution in [1.82, 2.24) is 0 Å². The summed E-state index contributed by atoms with van der Waals surface area (Å²) in [4.78, 5) is 0. The van der Waals surface area contributed by atoms with Crippen molar-refractivity contribution in [2.24, 2.45) is 0 Å². The Hall–Kier alpha value is -1.06. The van der Waals surface area contributed by atoms with Crippen molar-refractivity contribution in [3.8, 4) is 0 Å². The van der Waals surface area contributed by atoms with Crippen LogP contribution in [-0.4, -0.2) is 25.4 Å². The molecule has 0 bridgehead atoms. The van der Waals surface area contributed by atoms with Gasteiger partial charge in [-0.3, -0.25) is 0 Å². The van der Waals surface area contributed by atoms with E-state index in [9.17, 15) is 0 Å². The van der Waals surface area contributed by atoms with Crippen LogP contribution in [-0.2, 0) is 16.1 Å². The zero-order valence-corrected chi connectivity index (χ0v) is 12.4. The van der Waals surface area contributed by atoms with E-state index < -0.39 is 0 Å². The number of nitrogens with one attached hydrogen (secondary N) is 1. The third-order valence-electron chi connectivity index (χ3n) is 4.63. The third-order valence-corrected chi connectivity index (χ3v) is 4.63. The fraction of sp³-hybridized carbons (Fsp3) is 0.647. The highest BCUT2D eigenvalue weighted by molar-refractivity contribution is 5.45. The first-order valence-corrected chi connectivity index (χ1v) is 7.79. The van der Waals surface area contributed by atoms with E-state index in [1.54, 1.807) is 7.11 Å². The Labute approximate surface area is 121 Å². The predicted octanol–water partition coefficient (Wildman–Crippen LogP) is 3.74. The Kier molecular flexibility index (Phi) is 4.27. The summed E-state index contributed by atoms with van der Waals surface area (Å²) in [5, 5.41) is 3.51. The first-order valence-electron chi connectivity index (χ1n) is 7.79. The fourth-order valence-electron chi connectivity index (χ4n) is 3.60. The molecule has 1 aromatic rings. The van der Waals surface area contributed by atoms with Crippen molar-refractivity contribution in [2.75, 3.05) is 19.0 Å². The van der Waals surface area contributed by atoms with E-state index in [-0.39, 0.29) is 5.60 Å². The molecular weight excluding hydrogens is 250 g/mol. The van der Waals surface area contributed by atoms with Crippen molar-refractivity contribution >= 4 is 5.69 Å². The maximum absolute atomic E-state index is 6.32. The molecule has 1 atom stereocenters. The molecule has 2 aliphatic rings. The van der Waals surface area contributed by atoms with Gasteiger partial charge in [-0.1, -0.05) is 25.0 Å². The smallest absolute Gasteiger partial charge is 0.0756 e. The number of anilines is 1. The number of benzene rings is 1. The minimum atomic E-state index is 0.240. The minimum Gasteiger partial charge on any atom is -0.382 e. The van der Waals surface area contributed by atoms with E-state index in [4.69, 9.17) is 9.47 Å². The van der Waals surface area contributed by atoms with Gasteiger partial charge in [-0.25, -0.2) is 0 Å². The molecule has 1 N–H and O–H groups in total.